The normalized spacial score (nSPS) is 24.1. The molecule has 0 radical (unpaired) electrons. The van der Waals surface area contributed by atoms with E-state index in [2.05, 4.69) is 83.5 Å². The molecular formula is C32H48N2O4. The van der Waals surface area contributed by atoms with Crippen molar-refractivity contribution >= 4 is 12.2 Å². The van der Waals surface area contributed by atoms with E-state index < -0.39 is 0 Å². The van der Waals surface area contributed by atoms with Crippen LogP contribution in [-0.2, 0) is 9.47 Å². The molecule has 2 saturated heterocycles. The van der Waals surface area contributed by atoms with Crippen molar-refractivity contribution in [2.45, 2.75) is 115 Å². The molecule has 38 heavy (non-hydrogen) atoms. The van der Waals surface area contributed by atoms with Gasteiger partial charge in [-0.05, 0) is 71.6 Å². The van der Waals surface area contributed by atoms with Gasteiger partial charge in [0.15, 0.2) is 0 Å². The Bertz CT molecular complexity index is 856. The van der Waals surface area contributed by atoms with E-state index in [4.69, 9.17) is 9.47 Å². The molecule has 0 unspecified atom stereocenters. The van der Waals surface area contributed by atoms with Crippen molar-refractivity contribution in [1.82, 2.24) is 10.6 Å². The standard InChI is InChI=1S/C32H48N2O4/c1-27-29(37-31(35)33-27)25-23-21-19-17-15-13-11-9-7-5-3-4-6-8-10-12-14-16-18-20-22-24-26-30-28(2)34-32(36)38-30/h3,5-6,8-9,11-12,14-15,17,21,23,27-30H,4,7,10,13,16,18-20,22,24-26H2,1-2H3,(H,33,35)(H,34,36)/b5-3-,8-6-,11-9-,14-12-,17-15-,23-21-/t27-,28-,29+,30+/m0/s1. The molecule has 2 heterocycles. The molecule has 2 aliphatic rings. The molecule has 0 aliphatic carbocycles. The van der Waals surface area contributed by atoms with Crippen molar-refractivity contribution in [3.05, 3.63) is 72.9 Å². The zero-order valence-electron chi connectivity index (χ0n) is 23.4. The first-order chi connectivity index (χ1) is 18.6. The third-order valence-corrected chi connectivity index (χ3v) is 6.66. The number of allylic oxidation sites excluding steroid dienone is 11. The summed E-state index contributed by atoms with van der Waals surface area (Å²) in [5, 5.41) is 5.55. The Kier molecular flexibility index (Phi) is 16.4. The van der Waals surface area contributed by atoms with E-state index in [0.29, 0.717) is 0 Å². The van der Waals surface area contributed by atoms with Crippen LogP contribution in [0.3, 0.4) is 0 Å². The van der Waals surface area contributed by atoms with E-state index in [1.807, 2.05) is 13.8 Å². The van der Waals surface area contributed by atoms with E-state index in [-0.39, 0.29) is 36.5 Å². The average molecular weight is 525 g/mol. The van der Waals surface area contributed by atoms with Gasteiger partial charge in [-0.1, -0.05) is 85.8 Å². The monoisotopic (exact) mass is 524 g/mol. The second kappa shape index (κ2) is 20.0. The third-order valence-electron chi connectivity index (χ3n) is 6.66. The van der Waals surface area contributed by atoms with Crippen LogP contribution in [-0.4, -0.2) is 36.5 Å². The highest BCUT2D eigenvalue weighted by Gasteiger charge is 2.30. The number of rotatable bonds is 19. The van der Waals surface area contributed by atoms with Gasteiger partial charge in [-0.25, -0.2) is 9.59 Å². The highest BCUT2D eigenvalue weighted by Crippen LogP contribution is 2.16. The lowest BCUT2D eigenvalue weighted by Gasteiger charge is -2.11. The molecule has 0 aromatic carbocycles. The smallest absolute Gasteiger partial charge is 0.407 e. The van der Waals surface area contributed by atoms with Crippen molar-refractivity contribution in [1.29, 1.82) is 0 Å². The molecular weight excluding hydrogens is 476 g/mol. The van der Waals surface area contributed by atoms with Gasteiger partial charge in [0.2, 0.25) is 0 Å². The third kappa shape index (κ3) is 14.7. The summed E-state index contributed by atoms with van der Waals surface area (Å²) < 4.78 is 10.4. The number of hydrogen-bond acceptors (Lipinski definition) is 4. The van der Waals surface area contributed by atoms with Gasteiger partial charge < -0.3 is 20.1 Å². The Morgan fingerprint density at radius 1 is 0.553 bits per heavy atom. The largest absolute Gasteiger partial charge is 0.444 e. The van der Waals surface area contributed by atoms with Crippen molar-refractivity contribution in [3.8, 4) is 0 Å². The van der Waals surface area contributed by atoms with E-state index in [1.165, 1.54) is 19.3 Å². The first-order valence-corrected chi connectivity index (χ1v) is 14.4. The molecule has 0 bridgehead atoms. The molecule has 6 nitrogen and oxygen atoms in total. The Hall–Kier alpha value is -3.02. The highest BCUT2D eigenvalue weighted by molar-refractivity contribution is 5.70. The first-order valence-electron chi connectivity index (χ1n) is 14.4. The fraction of sp³-hybridized carbons (Fsp3) is 0.562. The molecule has 210 valence electrons. The van der Waals surface area contributed by atoms with Crippen LogP contribution in [0.15, 0.2) is 72.9 Å². The molecule has 2 amide bonds. The molecule has 6 heteroatoms. The maximum absolute atomic E-state index is 11.2. The molecule has 0 spiro atoms. The Morgan fingerprint density at radius 2 is 0.974 bits per heavy atom. The van der Waals surface area contributed by atoms with Crippen LogP contribution in [0, 0.1) is 0 Å². The van der Waals surface area contributed by atoms with E-state index in [9.17, 15) is 9.59 Å². The van der Waals surface area contributed by atoms with Gasteiger partial charge in [0.1, 0.15) is 12.2 Å². The fourth-order valence-corrected chi connectivity index (χ4v) is 4.33. The second-order valence-corrected chi connectivity index (χ2v) is 9.99. The molecule has 4 atom stereocenters. The zero-order chi connectivity index (χ0) is 27.3. The summed E-state index contributed by atoms with van der Waals surface area (Å²) in [5.74, 6) is 0. The average Bonchev–Trinajstić information content (AvgIpc) is 3.39. The predicted octanol–water partition coefficient (Wildman–Crippen LogP) is 8.00. The second-order valence-electron chi connectivity index (χ2n) is 9.99. The summed E-state index contributed by atoms with van der Waals surface area (Å²) >= 11 is 0. The minimum atomic E-state index is -0.313. The molecule has 0 aromatic rings. The Balaban J connectivity index is 1.34. The number of ether oxygens (including phenoxy) is 2. The van der Waals surface area contributed by atoms with Crippen molar-refractivity contribution in [2.24, 2.45) is 0 Å². The summed E-state index contributed by atoms with van der Waals surface area (Å²) in [7, 11) is 0. The quantitative estimate of drug-likeness (QED) is 0.133. The SMILES string of the molecule is C[C@@H]1NC(=O)O[C@@H]1C/C=C\C/C=C\C/C=C\C/C=C\C/C=C\C/C=C\CCCCCC[C@H]1OC(=O)N[C@H]1C. The van der Waals surface area contributed by atoms with Gasteiger partial charge >= 0.3 is 12.2 Å². The molecule has 2 fully saturated rings. The number of nitrogens with one attached hydrogen (secondary N) is 2. The molecule has 0 aromatic heterocycles. The van der Waals surface area contributed by atoms with Gasteiger partial charge in [-0.3, -0.25) is 0 Å². The highest BCUT2D eigenvalue weighted by atomic mass is 16.6. The number of carbonyl (C=O) groups is 2. The van der Waals surface area contributed by atoms with Crippen LogP contribution in [0.5, 0.6) is 0 Å². The minimum absolute atomic E-state index is 0.0495. The lowest BCUT2D eigenvalue weighted by atomic mass is 10.0. The van der Waals surface area contributed by atoms with Crippen LogP contribution in [0.4, 0.5) is 9.59 Å². The van der Waals surface area contributed by atoms with Gasteiger partial charge in [0.25, 0.3) is 0 Å². The molecule has 2 rings (SSSR count). The summed E-state index contributed by atoms with van der Waals surface area (Å²) in [6.45, 7) is 3.97. The summed E-state index contributed by atoms with van der Waals surface area (Å²) in [5.41, 5.74) is 0. The topological polar surface area (TPSA) is 76.7 Å². The summed E-state index contributed by atoms with van der Waals surface area (Å²) in [4.78, 5) is 22.3. The van der Waals surface area contributed by atoms with Crippen LogP contribution in [0.1, 0.15) is 90.9 Å². The predicted molar refractivity (Wildman–Crippen MR) is 156 cm³/mol. The number of alkyl carbamates (subject to hydrolysis) is 2. The molecule has 0 saturated carbocycles. The summed E-state index contributed by atoms with van der Waals surface area (Å²) in [6, 6.07) is 0.225. The molecule has 2 aliphatic heterocycles. The van der Waals surface area contributed by atoms with Crippen molar-refractivity contribution in [2.75, 3.05) is 0 Å². The number of amides is 2. The van der Waals surface area contributed by atoms with Crippen molar-refractivity contribution < 1.29 is 19.1 Å². The van der Waals surface area contributed by atoms with E-state index in [1.54, 1.807) is 0 Å². The Labute approximate surface area is 230 Å². The van der Waals surface area contributed by atoms with Crippen LogP contribution in [0.25, 0.3) is 0 Å². The van der Waals surface area contributed by atoms with Crippen LogP contribution in [0.2, 0.25) is 0 Å². The van der Waals surface area contributed by atoms with Gasteiger partial charge in [-0.2, -0.15) is 0 Å². The van der Waals surface area contributed by atoms with Gasteiger partial charge in [0, 0.05) is 6.42 Å². The van der Waals surface area contributed by atoms with Gasteiger partial charge in [0.05, 0.1) is 12.1 Å². The van der Waals surface area contributed by atoms with Crippen LogP contribution < -0.4 is 10.6 Å². The zero-order valence-corrected chi connectivity index (χ0v) is 23.4. The maximum atomic E-state index is 11.2. The first kappa shape index (κ1) is 31.2. The number of carbonyl (C=O) groups excluding carboxylic acids is 2. The number of unbranched alkanes of at least 4 members (excludes halogenated alkanes) is 4. The van der Waals surface area contributed by atoms with Crippen LogP contribution >= 0.6 is 0 Å². The lowest BCUT2D eigenvalue weighted by Crippen LogP contribution is -2.27. The molecule has 2 N–H and O–H groups in total. The summed E-state index contributed by atoms with van der Waals surface area (Å²) in [6.07, 6.45) is 38.2. The maximum Gasteiger partial charge on any atom is 0.407 e. The lowest BCUT2D eigenvalue weighted by molar-refractivity contribution is 0.126. The Morgan fingerprint density at radius 3 is 1.45 bits per heavy atom. The van der Waals surface area contributed by atoms with E-state index in [0.717, 1.165) is 57.8 Å². The number of hydrogen-bond donors (Lipinski definition) is 2. The minimum Gasteiger partial charge on any atom is -0.444 e. The van der Waals surface area contributed by atoms with Crippen molar-refractivity contribution in [3.63, 3.8) is 0 Å². The number of cyclic esters (lactones) is 2. The van der Waals surface area contributed by atoms with E-state index >= 15 is 0 Å². The fourth-order valence-electron chi connectivity index (χ4n) is 4.33. The van der Waals surface area contributed by atoms with Gasteiger partial charge in [-0.15, -0.1) is 0 Å².